The summed E-state index contributed by atoms with van der Waals surface area (Å²) in [5, 5.41) is 0.809. The summed E-state index contributed by atoms with van der Waals surface area (Å²) in [7, 11) is -3.68. The lowest BCUT2D eigenvalue weighted by Crippen LogP contribution is -2.50. The number of fused-ring (bicyclic) bond motifs is 1. The fraction of sp³-hybridized carbons (Fsp3) is 0.333. The van der Waals surface area contributed by atoms with Crippen molar-refractivity contribution in [3.63, 3.8) is 0 Å². The second-order valence-corrected chi connectivity index (χ2v) is 10.5. The lowest BCUT2D eigenvalue weighted by atomic mass is 10.2. The zero-order valence-electron chi connectivity index (χ0n) is 16.7. The van der Waals surface area contributed by atoms with Gasteiger partial charge in [-0.3, -0.25) is 9.78 Å². The topological polar surface area (TPSA) is 70.6 Å². The first-order valence-electron chi connectivity index (χ1n) is 9.49. The fourth-order valence-electron chi connectivity index (χ4n) is 3.56. The van der Waals surface area contributed by atoms with Gasteiger partial charge in [-0.15, -0.1) is 11.3 Å². The number of thiophene rings is 1. The minimum Gasteiger partial charge on any atom is -0.335 e. The highest BCUT2D eigenvalue weighted by Gasteiger charge is 2.32. The second-order valence-electron chi connectivity index (χ2n) is 7.39. The van der Waals surface area contributed by atoms with Gasteiger partial charge in [0.1, 0.15) is 4.90 Å². The smallest absolute Gasteiger partial charge is 0.264 e. The first kappa shape index (κ1) is 20.0. The summed E-state index contributed by atoms with van der Waals surface area (Å²) in [6.45, 7) is 7.24. The van der Waals surface area contributed by atoms with E-state index in [4.69, 9.17) is 0 Å². The zero-order valence-corrected chi connectivity index (χ0v) is 18.3. The Labute approximate surface area is 174 Å². The molecule has 0 aliphatic carbocycles. The number of rotatable bonds is 3. The molecule has 4 rings (SSSR count). The summed E-state index contributed by atoms with van der Waals surface area (Å²) in [5.74, 6) is -0.0226. The molecule has 2 aromatic heterocycles. The lowest BCUT2D eigenvalue weighted by molar-refractivity contribution is 0.0703. The van der Waals surface area contributed by atoms with Crippen LogP contribution in [-0.2, 0) is 10.0 Å². The number of benzene rings is 1. The Kier molecular flexibility index (Phi) is 5.18. The second kappa shape index (κ2) is 7.51. The minimum absolute atomic E-state index is 0.0226. The molecule has 0 atom stereocenters. The third-order valence-corrected chi connectivity index (χ3v) is 8.40. The number of amides is 1. The van der Waals surface area contributed by atoms with Gasteiger partial charge in [-0.05, 0) is 50.1 Å². The molecule has 1 aromatic carbocycles. The predicted octanol–water partition coefficient (Wildman–Crippen LogP) is 3.37. The molecule has 1 aliphatic rings. The van der Waals surface area contributed by atoms with Gasteiger partial charge in [-0.2, -0.15) is 4.31 Å². The van der Waals surface area contributed by atoms with Crippen LogP contribution in [0, 0.1) is 20.8 Å². The summed E-state index contributed by atoms with van der Waals surface area (Å²) in [6, 6.07) is 9.07. The number of aryl methyl sites for hydroxylation is 3. The molecule has 1 fully saturated rings. The van der Waals surface area contributed by atoms with Gasteiger partial charge in [-0.25, -0.2) is 8.42 Å². The van der Waals surface area contributed by atoms with Crippen molar-refractivity contribution >= 4 is 38.2 Å². The van der Waals surface area contributed by atoms with Crippen molar-refractivity contribution in [2.24, 2.45) is 0 Å². The van der Waals surface area contributed by atoms with Crippen molar-refractivity contribution in [1.82, 2.24) is 14.2 Å². The van der Waals surface area contributed by atoms with Crippen LogP contribution in [0.3, 0.4) is 0 Å². The number of piperazine rings is 1. The number of hydrogen-bond donors (Lipinski definition) is 0. The van der Waals surface area contributed by atoms with Crippen molar-refractivity contribution in [2.75, 3.05) is 26.2 Å². The molecular formula is C21H23N3O3S2. The van der Waals surface area contributed by atoms with Crippen LogP contribution < -0.4 is 0 Å². The maximum Gasteiger partial charge on any atom is 0.264 e. The van der Waals surface area contributed by atoms with Crippen molar-refractivity contribution < 1.29 is 13.2 Å². The average molecular weight is 430 g/mol. The number of hydrogen-bond acceptors (Lipinski definition) is 5. The van der Waals surface area contributed by atoms with E-state index in [-0.39, 0.29) is 23.9 Å². The fourth-order valence-corrected chi connectivity index (χ4v) is 6.15. The Hall–Kier alpha value is -2.29. The standard InChI is InChI=1S/C21H23N3O3S2/c1-14-11-17-5-4-6-19(20(17)22-13-14)29(26,27)24-9-7-23(8-10-24)21(25)18-12-15(2)16(3)28-18/h4-6,11-13H,7-10H2,1-3H3. The van der Waals surface area contributed by atoms with Crippen LogP contribution in [0.4, 0.5) is 0 Å². The van der Waals surface area contributed by atoms with Crippen molar-refractivity contribution in [1.29, 1.82) is 0 Å². The molecule has 3 heterocycles. The molecule has 3 aromatic rings. The highest BCUT2D eigenvalue weighted by molar-refractivity contribution is 7.89. The van der Waals surface area contributed by atoms with E-state index >= 15 is 0 Å². The Balaban J connectivity index is 1.54. The van der Waals surface area contributed by atoms with Crippen LogP contribution in [0.5, 0.6) is 0 Å². The quantitative estimate of drug-likeness (QED) is 0.640. The molecule has 8 heteroatoms. The normalized spacial score (nSPS) is 15.8. The van der Waals surface area contributed by atoms with E-state index in [2.05, 4.69) is 4.98 Å². The molecule has 0 saturated carbocycles. The number of para-hydroxylation sites is 1. The molecule has 152 valence electrons. The van der Waals surface area contributed by atoms with Crippen molar-refractivity contribution in [3.8, 4) is 0 Å². The molecule has 29 heavy (non-hydrogen) atoms. The van der Waals surface area contributed by atoms with Gasteiger partial charge in [0.05, 0.1) is 10.4 Å². The van der Waals surface area contributed by atoms with E-state index in [1.165, 1.54) is 15.6 Å². The highest BCUT2D eigenvalue weighted by atomic mass is 32.2. The molecule has 0 radical (unpaired) electrons. The van der Waals surface area contributed by atoms with Gasteiger partial charge in [0.25, 0.3) is 5.91 Å². The summed E-state index contributed by atoms with van der Waals surface area (Å²) < 4.78 is 28.0. The van der Waals surface area contributed by atoms with Crippen LogP contribution in [0.1, 0.15) is 25.7 Å². The van der Waals surface area contributed by atoms with E-state index in [1.54, 1.807) is 23.2 Å². The maximum atomic E-state index is 13.3. The number of pyridine rings is 1. The lowest BCUT2D eigenvalue weighted by Gasteiger charge is -2.33. The number of carbonyl (C=O) groups excluding carboxylic acids is 1. The Morgan fingerprint density at radius 3 is 2.45 bits per heavy atom. The van der Waals surface area contributed by atoms with Crippen molar-refractivity contribution in [2.45, 2.75) is 25.7 Å². The minimum atomic E-state index is -3.68. The largest absolute Gasteiger partial charge is 0.335 e. The third kappa shape index (κ3) is 3.68. The van der Waals surface area contributed by atoms with Gasteiger partial charge in [0, 0.05) is 42.6 Å². The molecule has 1 amide bonds. The Morgan fingerprint density at radius 1 is 1.07 bits per heavy atom. The zero-order chi connectivity index (χ0) is 20.8. The van der Waals surface area contributed by atoms with E-state index in [0.717, 1.165) is 21.4 Å². The monoisotopic (exact) mass is 429 g/mol. The SMILES string of the molecule is Cc1cnc2c(S(=O)(=O)N3CCN(C(=O)c4cc(C)c(C)s4)CC3)cccc2c1. The first-order valence-corrected chi connectivity index (χ1v) is 11.7. The van der Waals surface area contributed by atoms with Gasteiger partial charge >= 0.3 is 0 Å². The summed E-state index contributed by atoms with van der Waals surface area (Å²) in [5.41, 5.74) is 2.58. The van der Waals surface area contributed by atoms with E-state index in [0.29, 0.717) is 23.5 Å². The maximum absolute atomic E-state index is 13.3. The Bertz CT molecular complexity index is 1170. The molecule has 0 N–H and O–H groups in total. The predicted molar refractivity (Wildman–Crippen MR) is 115 cm³/mol. The van der Waals surface area contributed by atoms with E-state index < -0.39 is 10.0 Å². The van der Waals surface area contributed by atoms with E-state index in [9.17, 15) is 13.2 Å². The van der Waals surface area contributed by atoms with Crippen LogP contribution in [0.2, 0.25) is 0 Å². The first-order chi connectivity index (χ1) is 13.8. The Morgan fingerprint density at radius 2 is 1.79 bits per heavy atom. The molecule has 6 nitrogen and oxygen atoms in total. The van der Waals surface area contributed by atoms with Crippen LogP contribution in [0.25, 0.3) is 10.9 Å². The number of sulfonamides is 1. The molecule has 1 saturated heterocycles. The third-order valence-electron chi connectivity index (χ3n) is 5.33. The van der Waals surface area contributed by atoms with Crippen LogP contribution in [0.15, 0.2) is 41.4 Å². The highest BCUT2D eigenvalue weighted by Crippen LogP contribution is 2.27. The van der Waals surface area contributed by atoms with Crippen LogP contribution in [-0.4, -0.2) is 54.7 Å². The number of aromatic nitrogens is 1. The number of nitrogens with zero attached hydrogens (tertiary/aromatic N) is 3. The van der Waals surface area contributed by atoms with Gasteiger partial charge in [0.15, 0.2) is 0 Å². The summed E-state index contributed by atoms with van der Waals surface area (Å²) in [4.78, 5) is 20.9. The molecular weight excluding hydrogens is 406 g/mol. The summed E-state index contributed by atoms with van der Waals surface area (Å²) in [6.07, 6.45) is 1.68. The van der Waals surface area contributed by atoms with Gasteiger partial charge in [-0.1, -0.05) is 12.1 Å². The van der Waals surface area contributed by atoms with Crippen molar-refractivity contribution in [3.05, 3.63) is 57.4 Å². The van der Waals surface area contributed by atoms with E-state index in [1.807, 2.05) is 39.0 Å². The molecule has 0 bridgehead atoms. The molecule has 1 aliphatic heterocycles. The molecule has 0 spiro atoms. The van der Waals surface area contributed by atoms with Crippen LogP contribution >= 0.6 is 11.3 Å². The molecule has 0 unspecified atom stereocenters. The number of carbonyl (C=O) groups is 1. The summed E-state index contributed by atoms with van der Waals surface area (Å²) >= 11 is 1.49. The van der Waals surface area contributed by atoms with Gasteiger partial charge < -0.3 is 4.90 Å². The average Bonchev–Trinajstić information content (AvgIpc) is 3.05. The van der Waals surface area contributed by atoms with Gasteiger partial charge in [0.2, 0.25) is 10.0 Å².